The number of hydrogen-bond acceptors (Lipinski definition) is 6. The second-order valence-electron chi connectivity index (χ2n) is 9.18. The van der Waals surface area contributed by atoms with Crippen molar-refractivity contribution < 1.29 is 18.4 Å². The Bertz CT molecular complexity index is 1430. The fourth-order valence-corrected chi connectivity index (χ4v) is 5.44. The van der Waals surface area contributed by atoms with Gasteiger partial charge < -0.3 is 4.90 Å². The van der Waals surface area contributed by atoms with Gasteiger partial charge >= 0.3 is 0 Å². The van der Waals surface area contributed by atoms with E-state index in [0.717, 1.165) is 24.8 Å². The first-order valence-electron chi connectivity index (χ1n) is 12.2. The molecule has 1 saturated heterocycles. The molecule has 5 rings (SSSR count). The monoisotopic (exact) mass is 533 g/mol. The summed E-state index contributed by atoms with van der Waals surface area (Å²) in [6, 6.07) is 15.0. The molecule has 0 aliphatic carbocycles. The van der Waals surface area contributed by atoms with E-state index >= 15 is 0 Å². The van der Waals surface area contributed by atoms with E-state index in [9.17, 15) is 18.4 Å². The van der Waals surface area contributed by atoms with Crippen LogP contribution in [0.5, 0.6) is 0 Å². The standard InChI is InChI=1S/C28H25F2N5O2S/c1-28(29,30)20-9-7-18(8-10-20)21-5-2-3-6-22(21)26(37)35-15-11-19(12-16-35)25-33-23(17-38-25)24(36)34-27-31-13-4-14-32-27/h2-10,13-14,17,19H,11-12,15-16H2,1H3,(H,31,32,34,36). The number of likely N-dealkylation sites (tertiary alicyclic amines) is 1. The van der Waals surface area contributed by atoms with Gasteiger partial charge in [-0.1, -0.05) is 42.5 Å². The number of hydrogen-bond donors (Lipinski definition) is 1. The van der Waals surface area contributed by atoms with Gasteiger partial charge in [0.15, 0.2) is 0 Å². The number of anilines is 1. The number of carbonyl (C=O) groups is 2. The van der Waals surface area contributed by atoms with Gasteiger partial charge in [0.05, 0.1) is 5.01 Å². The summed E-state index contributed by atoms with van der Waals surface area (Å²) in [5.41, 5.74) is 2.22. The Morgan fingerprint density at radius 3 is 2.37 bits per heavy atom. The molecule has 2 aromatic carbocycles. The Labute approximate surface area is 222 Å². The van der Waals surface area contributed by atoms with Gasteiger partial charge in [0.1, 0.15) is 5.69 Å². The lowest BCUT2D eigenvalue weighted by Gasteiger charge is -2.31. The molecule has 1 aliphatic heterocycles. The highest BCUT2D eigenvalue weighted by Crippen LogP contribution is 2.33. The summed E-state index contributed by atoms with van der Waals surface area (Å²) >= 11 is 1.43. The summed E-state index contributed by atoms with van der Waals surface area (Å²) < 4.78 is 27.3. The third-order valence-corrected chi connectivity index (χ3v) is 7.54. The van der Waals surface area contributed by atoms with E-state index in [2.05, 4.69) is 20.3 Å². The molecule has 0 radical (unpaired) electrons. The maximum Gasteiger partial charge on any atom is 0.277 e. The number of halogens is 2. The number of rotatable bonds is 6. The molecule has 1 N–H and O–H groups in total. The summed E-state index contributed by atoms with van der Waals surface area (Å²) in [4.78, 5) is 40.3. The summed E-state index contributed by atoms with van der Waals surface area (Å²) in [6.45, 7) is 1.97. The zero-order valence-corrected chi connectivity index (χ0v) is 21.4. The van der Waals surface area contributed by atoms with Crippen molar-refractivity contribution in [3.05, 3.63) is 94.2 Å². The number of alkyl halides is 2. The van der Waals surface area contributed by atoms with E-state index in [1.165, 1.54) is 23.5 Å². The normalized spacial score (nSPS) is 14.3. The maximum absolute atomic E-state index is 13.6. The minimum Gasteiger partial charge on any atom is -0.339 e. The van der Waals surface area contributed by atoms with Gasteiger partial charge in [-0.2, -0.15) is 0 Å². The lowest BCUT2D eigenvalue weighted by atomic mass is 9.94. The highest BCUT2D eigenvalue weighted by atomic mass is 32.1. The van der Waals surface area contributed by atoms with Crippen LogP contribution in [0.1, 0.15) is 57.1 Å². The fraction of sp³-hybridized carbons (Fsp3) is 0.250. The Hall–Kier alpha value is -4.05. The second kappa shape index (κ2) is 10.7. The van der Waals surface area contributed by atoms with Crippen molar-refractivity contribution >= 4 is 29.1 Å². The van der Waals surface area contributed by atoms with Crippen molar-refractivity contribution in [2.75, 3.05) is 18.4 Å². The predicted octanol–water partition coefficient (Wildman–Crippen LogP) is 5.98. The number of carbonyl (C=O) groups excluding carboxylic acids is 2. The molecule has 10 heteroatoms. The molecule has 1 fully saturated rings. The van der Waals surface area contributed by atoms with Crippen LogP contribution in [-0.2, 0) is 5.92 Å². The molecule has 0 unspecified atom stereocenters. The average molecular weight is 534 g/mol. The molecule has 0 bridgehead atoms. The predicted molar refractivity (Wildman–Crippen MR) is 141 cm³/mol. The Morgan fingerprint density at radius 2 is 1.68 bits per heavy atom. The lowest BCUT2D eigenvalue weighted by Crippen LogP contribution is -2.38. The topological polar surface area (TPSA) is 88.1 Å². The van der Waals surface area contributed by atoms with Gasteiger partial charge in [-0.05, 0) is 36.1 Å². The van der Waals surface area contributed by atoms with Crippen LogP contribution < -0.4 is 5.32 Å². The summed E-state index contributed by atoms with van der Waals surface area (Å²) in [5, 5.41) is 5.23. The van der Waals surface area contributed by atoms with Crippen LogP contribution in [0.4, 0.5) is 14.7 Å². The minimum absolute atomic E-state index is 0.0663. The van der Waals surface area contributed by atoms with Crippen LogP contribution in [0, 0.1) is 0 Å². The number of nitrogens with zero attached hydrogens (tertiary/aromatic N) is 4. The molecule has 4 aromatic rings. The molecule has 7 nitrogen and oxygen atoms in total. The van der Waals surface area contributed by atoms with E-state index in [4.69, 9.17) is 0 Å². The van der Waals surface area contributed by atoms with Crippen LogP contribution >= 0.6 is 11.3 Å². The van der Waals surface area contributed by atoms with Gasteiger partial charge in [0.25, 0.3) is 17.7 Å². The second-order valence-corrected chi connectivity index (χ2v) is 10.1. The van der Waals surface area contributed by atoms with E-state index in [1.807, 2.05) is 17.0 Å². The van der Waals surface area contributed by atoms with E-state index in [1.54, 1.807) is 48.1 Å². The lowest BCUT2D eigenvalue weighted by molar-refractivity contribution is 0.0175. The van der Waals surface area contributed by atoms with Gasteiger partial charge in [-0.3, -0.25) is 14.9 Å². The van der Waals surface area contributed by atoms with Crippen LogP contribution in [-0.4, -0.2) is 44.8 Å². The third kappa shape index (κ3) is 5.60. The minimum atomic E-state index is -2.92. The van der Waals surface area contributed by atoms with Crippen molar-refractivity contribution in [1.82, 2.24) is 19.9 Å². The van der Waals surface area contributed by atoms with Gasteiger partial charge in [0.2, 0.25) is 5.95 Å². The van der Waals surface area contributed by atoms with Gasteiger partial charge in [-0.15, -0.1) is 11.3 Å². The first-order chi connectivity index (χ1) is 18.3. The molecule has 2 aromatic heterocycles. The molecular formula is C28H25F2N5O2S. The van der Waals surface area contributed by atoms with E-state index in [-0.39, 0.29) is 29.2 Å². The third-order valence-electron chi connectivity index (χ3n) is 6.54. The zero-order chi connectivity index (χ0) is 26.7. The first kappa shape index (κ1) is 25.6. The van der Waals surface area contributed by atoms with E-state index < -0.39 is 5.92 Å². The molecule has 2 amide bonds. The van der Waals surface area contributed by atoms with Crippen molar-refractivity contribution in [1.29, 1.82) is 0 Å². The number of aromatic nitrogens is 3. The summed E-state index contributed by atoms with van der Waals surface area (Å²) in [6.07, 6.45) is 4.55. The summed E-state index contributed by atoms with van der Waals surface area (Å²) in [5.74, 6) is -3.00. The fourth-order valence-electron chi connectivity index (χ4n) is 4.47. The Kier molecular flexibility index (Phi) is 7.24. The number of nitrogens with one attached hydrogen (secondary N) is 1. The van der Waals surface area contributed by atoms with Gasteiger partial charge in [-0.25, -0.2) is 23.7 Å². The molecule has 0 atom stereocenters. The molecular weight excluding hydrogens is 508 g/mol. The van der Waals surface area contributed by atoms with Crippen molar-refractivity contribution in [3.63, 3.8) is 0 Å². The molecule has 0 saturated carbocycles. The largest absolute Gasteiger partial charge is 0.339 e. The van der Waals surface area contributed by atoms with E-state index in [0.29, 0.717) is 35.5 Å². The van der Waals surface area contributed by atoms with Crippen LogP contribution in [0.15, 0.2) is 72.4 Å². The van der Waals surface area contributed by atoms with Crippen molar-refractivity contribution in [3.8, 4) is 11.1 Å². The van der Waals surface area contributed by atoms with Crippen LogP contribution in [0.2, 0.25) is 0 Å². The van der Waals surface area contributed by atoms with Gasteiger partial charge in [0, 0.05) is 54.8 Å². The van der Waals surface area contributed by atoms with Crippen molar-refractivity contribution in [2.45, 2.75) is 31.6 Å². The highest BCUT2D eigenvalue weighted by Gasteiger charge is 2.28. The number of thiazole rings is 1. The zero-order valence-electron chi connectivity index (χ0n) is 20.6. The molecule has 38 heavy (non-hydrogen) atoms. The van der Waals surface area contributed by atoms with Crippen LogP contribution in [0.25, 0.3) is 11.1 Å². The SMILES string of the molecule is CC(F)(F)c1ccc(-c2ccccc2C(=O)N2CCC(c3nc(C(=O)Nc4ncccn4)cs3)CC2)cc1. The number of amides is 2. The number of benzene rings is 2. The summed E-state index contributed by atoms with van der Waals surface area (Å²) in [7, 11) is 0. The maximum atomic E-state index is 13.6. The quantitative estimate of drug-likeness (QED) is 0.329. The average Bonchev–Trinajstić information content (AvgIpc) is 3.44. The first-order valence-corrected chi connectivity index (χ1v) is 13.1. The van der Waals surface area contributed by atoms with Crippen molar-refractivity contribution in [2.24, 2.45) is 0 Å². The smallest absolute Gasteiger partial charge is 0.277 e. The molecule has 0 spiro atoms. The highest BCUT2D eigenvalue weighted by molar-refractivity contribution is 7.10. The van der Waals surface area contributed by atoms with Crippen LogP contribution in [0.3, 0.4) is 0 Å². The Morgan fingerprint density at radius 1 is 1.00 bits per heavy atom. The molecule has 1 aliphatic rings. The molecule has 3 heterocycles. The molecule has 194 valence electrons. The Balaban J connectivity index is 1.24. The number of piperidine rings is 1.